The highest BCUT2D eigenvalue weighted by atomic mass is 16.7. The molecule has 496 valence electrons. The predicted molar refractivity (Wildman–Crippen MR) is 365 cm³/mol. The number of hydrogen-bond acceptors (Lipinski definition) is 10. The third kappa shape index (κ3) is 49.3. The molecule has 0 saturated carbocycles. The van der Waals surface area contributed by atoms with Gasteiger partial charge in [0, 0.05) is 6.42 Å². The number of unbranched alkanes of at least 4 members (excludes halogenated alkanes) is 24. The second-order valence-corrected chi connectivity index (χ2v) is 23.5. The lowest BCUT2D eigenvalue weighted by Gasteiger charge is -2.41. The van der Waals surface area contributed by atoms with Crippen LogP contribution in [0.1, 0.15) is 271 Å². The molecule has 1 heterocycles. The van der Waals surface area contributed by atoms with Crippen LogP contribution in [0.3, 0.4) is 0 Å². The number of carbonyl (C=O) groups excluding carboxylic acids is 2. The number of rotatable bonds is 58. The summed E-state index contributed by atoms with van der Waals surface area (Å²) in [5.74, 6) is -1.24. The molecular formula is C76H127NO10. The molecule has 0 aromatic rings. The molecule has 1 amide bonds. The fourth-order valence-corrected chi connectivity index (χ4v) is 10.0. The second-order valence-electron chi connectivity index (χ2n) is 23.5. The van der Waals surface area contributed by atoms with Crippen LogP contribution < -0.4 is 5.32 Å². The summed E-state index contributed by atoms with van der Waals surface area (Å²) in [6.45, 7) is 5.64. The van der Waals surface area contributed by atoms with Gasteiger partial charge in [0.25, 0.3) is 0 Å². The molecule has 1 aliphatic rings. The molecule has 0 aliphatic carbocycles. The SMILES string of the molecule is CC/C=C\C/C=C\C/C=C\C/C=C\C/C=C\C/C=C\CCCCCC(O)C(=O)NC(COC1OC(CO)C(O)C(O)C1OC(=O)CCCCCCCCC/C=C\C/C=C\C/C=C\C/C=C\CCCCC)C(O)/C=C/CCCCCCCCCCCCC. The zero-order chi connectivity index (χ0) is 63.1. The summed E-state index contributed by atoms with van der Waals surface area (Å²) >= 11 is 0. The van der Waals surface area contributed by atoms with E-state index in [2.05, 4.69) is 148 Å². The first-order chi connectivity index (χ1) is 42.7. The molecule has 0 radical (unpaired) electrons. The van der Waals surface area contributed by atoms with Crippen LogP contribution in [0.4, 0.5) is 0 Å². The Hall–Kier alpha value is -4.20. The van der Waals surface area contributed by atoms with Gasteiger partial charge in [-0.05, 0) is 122 Å². The fraction of sp³-hybridized carbons (Fsp3) is 0.684. The van der Waals surface area contributed by atoms with E-state index in [0.717, 1.165) is 148 Å². The number of aliphatic hydroxyl groups is 5. The lowest BCUT2D eigenvalue weighted by molar-refractivity contribution is -0.305. The van der Waals surface area contributed by atoms with Crippen molar-refractivity contribution in [3.63, 3.8) is 0 Å². The minimum Gasteiger partial charge on any atom is -0.454 e. The largest absolute Gasteiger partial charge is 0.454 e. The van der Waals surface area contributed by atoms with Gasteiger partial charge in [-0.25, -0.2) is 0 Å². The van der Waals surface area contributed by atoms with Crippen molar-refractivity contribution in [3.05, 3.63) is 134 Å². The van der Waals surface area contributed by atoms with Crippen molar-refractivity contribution in [2.24, 2.45) is 0 Å². The summed E-state index contributed by atoms with van der Waals surface area (Å²) in [5, 5.41) is 57.2. The number of allylic oxidation sites excluding steroid dienone is 21. The average Bonchev–Trinajstić information content (AvgIpc) is 2.25. The zero-order valence-electron chi connectivity index (χ0n) is 55.1. The molecule has 1 fully saturated rings. The van der Waals surface area contributed by atoms with Gasteiger partial charge < -0.3 is 45.1 Å². The first-order valence-electron chi connectivity index (χ1n) is 35.0. The highest BCUT2D eigenvalue weighted by Crippen LogP contribution is 2.26. The van der Waals surface area contributed by atoms with Gasteiger partial charge in [-0.2, -0.15) is 0 Å². The highest BCUT2D eigenvalue weighted by molar-refractivity contribution is 5.80. The summed E-state index contributed by atoms with van der Waals surface area (Å²) in [6, 6.07) is -1.05. The maximum Gasteiger partial charge on any atom is 0.306 e. The standard InChI is InChI=1S/C76H127NO10/c1-4-7-10-13-16-19-22-25-27-29-31-33-35-37-39-41-43-46-49-52-55-58-61-64-71(81)87-74-73(83)72(82)70(65-78)86-76(74)85-66-67(68(79)62-59-56-53-50-47-44-24-21-18-15-12-9-6-3)77-75(84)69(80)63-60-57-54-51-48-45-42-40-38-36-34-32-30-28-26-23-20-17-14-11-8-5-2/h8,11,16-17,19-20,25-28,31-34,37-40,45,48,59,62,67-70,72-74,76,78-80,82-83H,4-7,9-10,12-15,18,21-24,29-30,35-36,41-44,46-47,49-58,60-61,63-66H2,1-3H3,(H,77,84)/b11-8-,19-16-,20-17-,27-25-,28-26-,33-31-,34-32-,39-37-,40-38-,48-45-,62-59+. The molecule has 0 bridgehead atoms. The molecule has 1 saturated heterocycles. The number of amides is 1. The summed E-state index contributed by atoms with van der Waals surface area (Å²) < 4.78 is 17.7. The second kappa shape index (κ2) is 62.0. The van der Waals surface area contributed by atoms with E-state index in [0.29, 0.717) is 12.8 Å². The Kier molecular flexibility index (Phi) is 57.6. The number of ether oxygens (including phenoxy) is 3. The van der Waals surface area contributed by atoms with E-state index in [1.807, 2.05) is 6.08 Å². The molecule has 0 spiro atoms. The normalized spacial score (nSPS) is 19.1. The van der Waals surface area contributed by atoms with Gasteiger partial charge in [-0.3, -0.25) is 9.59 Å². The van der Waals surface area contributed by atoms with Gasteiger partial charge in [-0.15, -0.1) is 0 Å². The Labute approximate surface area is 531 Å². The quantitative estimate of drug-likeness (QED) is 0.0195. The average molecular weight is 1210 g/mol. The summed E-state index contributed by atoms with van der Waals surface area (Å²) in [5.41, 5.74) is 0. The Balaban J connectivity index is 2.66. The Bertz CT molecular complexity index is 1930. The van der Waals surface area contributed by atoms with Gasteiger partial charge in [0.1, 0.15) is 24.4 Å². The number of esters is 1. The van der Waals surface area contributed by atoms with E-state index in [1.165, 1.54) is 77.0 Å². The van der Waals surface area contributed by atoms with E-state index < -0.39 is 67.4 Å². The first-order valence-corrected chi connectivity index (χ1v) is 35.0. The van der Waals surface area contributed by atoms with Gasteiger partial charge in [-0.1, -0.05) is 276 Å². The number of nitrogens with one attached hydrogen (secondary N) is 1. The van der Waals surface area contributed by atoms with Crippen LogP contribution in [0, 0.1) is 0 Å². The van der Waals surface area contributed by atoms with Crippen LogP contribution in [-0.2, 0) is 23.8 Å². The van der Waals surface area contributed by atoms with Crippen molar-refractivity contribution < 1.29 is 49.3 Å². The molecule has 11 nitrogen and oxygen atoms in total. The van der Waals surface area contributed by atoms with Crippen molar-refractivity contribution in [2.75, 3.05) is 13.2 Å². The molecule has 0 aromatic heterocycles. The molecular weight excluding hydrogens is 1090 g/mol. The van der Waals surface area contributed by atoms with Gasteiger partial charge in [0.2, 0.25) is 5.91 Å². The topological polar surface area (TPSA) is 175 Å². The van der Waals surface area contributed by atoms with Crippen molar-refractivity contribution in [1.82, 2.24) is 5.32 Å². The van der Waals surface area contributed by atoms with E-state index in [1.54, 1.807) is 6.08 Å². The molecule has 8 unspecified atom stereocenters. The number of carbonyl (C=O) groups is 2. The number of hydrogen-bond donors (Lipinski definition) is 6. The lowest BCUT2D eigenvalue weighted by atomic mass is 9.99. The Morgan fingerprint density at radius 3 is 1.26 bits per heavy atom. The van der Waals surface area contributed by atoms with Gasteiger partial charge >= 0.3 is 5.97 Å². The molecule has 87 heavy (non-hydrogen) atoms. The van der Waals surface area contributed by atoms with Crippen molar-refractivity contribution >= 4 is 11.9 Å². The van der Waals surface area contributed by atoms with Gasteiger partial charge in [0.15, 0.2) is 12.4 Å². The van der Waals surface area contributed by atoms with E-state index in [-0.39, 0.29) is 19.4 Å². The summed E-state index contributed by atoms with van der Waals surface area (Å²) in [6.07, 6.45) is 77.6. The smallest absolute Gasteiger partial charge is 0.306 e. The summed E-state index contributed by atoms with van der Waals surface area (Å²) in [7, 11) is 0. The van der Waals surface area contributed by atoms with Crippen molar-refractivity contribution in [1.29, 1.82) is 0 Å². The Morgan fingerprint density at radius 2 is 0.828 bits per heavy atom. The van der Waals surface area contributed by atoms with E-state index in [4.69, 9.17) is 14.2 Å². The number of aliphatic hydroxyl groups excluding tert-OH is 5. The van der Waals surface area contributed by atoms with Crippen LogP contribution in [0.25, 0.3) is 0 Å². The monoisotopic (exact) mass is 1210 g/mol. The van der Waals surface area contributed by atoms with Crippen LogP contribution >= 0.6 is 0 Å². The zero-order valence-corrected chi connectivity index (χ0v) is 55.1. The first kappa shape index (κ1) is 80.8. The maximum absolute atomic E-state index is 13.5. The molecule has 6 N–H and O–H groups in total. The van der Waals surface area contributed by atoms with E-state index in [9.17, 15) is 35.1 Å². The molecule has 8 atom stereocenters. The van der Waals surface area contributed by atoms with Crippen LogP contribution in [0.15, 0.2) is 134 Å². The lowest BCUT2D eigenvalue weighted by Crippen LogP contribution is -2.61. The van der Waals surface area contributed by atoms with Crippen LogP contribution in [0.2, 0.25) is 0 Å². The fourth-order valence-electron chi connectivity index (χ4n) is 10.0. The minimum absolute atomic E-state index is 0.100. The molecule has 0 aromatic carbocycles. The highest BCUT2D eigenvalue weighted by Gasteiger charge is 2.47. The Morgan fingerprint density at radius 1 is 0.460 bits per heavy atom. The predicted octanol–water partition coefficient (Wildman–Crippen LogP) is 18.0. The van der Waals surface area contributed by atoms with Gasteiger partial charge in [0.05, 0.1) is 25.4 Å². The van der Waals surface area contributed by atoms with E-state index >= 15 is 0 Å². The molecule has 1 aliphatic heterocycles. The van der Waals surface area contributed by atoms with Crippen molar-refractivity contribution in [3.8, 4) is 0 Å². The van der Waals surface area contributed by atoms with Crippen LogP contribution in [-0.4, -0.2) is 99.6 Å². The van der Waals surface area contributed by atoms with Crippen LogP contribution in [0.5, 0.6) is 0 Å². The third-order valence-electron chi connectivity index (χ3n) is 15.5. The minimum atomic E-state index is -1.63. The molecule has 11 heteroatoms. The summed E-state index contributed by atoms with van der Waals surface area (Å²) in [4.78, 5) is 26.7. The van der Waals surface area contributed by atoms with Crippen molar-refractivity contribution in [2.45, 2.75) is 320 Å². The maximum atomic E-state index is 13.5. The third-order valence-corrected chi connectivity index (χ3v) is 15.5. The molecule has 1 rings (SSSR count).